The molecule has 4 aromatic rings. The molecule has 4 heterocycles. The van der Waals surface area contributed by atoms with Crippen LogP contribution in [-0.2, 0) is 6.42 Å². The normalized spacial score (nSPS) is 17.2. The lowest BCUT2D eigenvalue weighted by Crippen LogP contribution is -2.56. The van der Waals surface area contributed by atoms with Crippen LogP contribution < -0.4 is 15.1 Å². The number of nitrogens with zero attached hydrogens (tertiary/aromatic N) is 5. The Morgan fingerprint density at radius 1 is 0.667 bits per heavy atom. The largest absolute Gasteiger partial charge is 0.478 e. The van der Waals surface area contributed by atoms with Gasteiger partial charge in [-0.05, 0) is 73.8 Å². The zero-order valence-electron chi connectivity index (χ0n) is 27.9. The van der Waals surface area contributed by atoms with Gasteiger partial charge in [-0.3, -0.25) is 4.90 Å². The lowest BCUT2D eigenvalue weighted by Gasteiger charge is -2.39. The van der Waals surface area contributed by atoms with Gasteiger partial charge in [-0.25, -0.2) is 9.59 Å². The molecule has 254 valence electrons. The van der Waals surface area contributed by atoms with E-state index < -0.39 is 5.97 Å². The third kappa shape index (κ3) is 8.67. The Morgan fingerprint density at radius 2 is 1.25 bits per heavy atom. The monoisotopic (exact) mass is 651 g/mol. The number of aryl methyl sites for hydroxylation is 1. The molecular weight excluding hydrogens is 602 g/mol. The smallest absolute Gasteiger partial charge is 0.335 e. The number of aromatic amines is 1. The summed E-state index contributed by atoms with van der Waals surface area (Å²) in [4.78, 5) is 38.2. The molecule has 0 saturated carbocycles. The number of carboxylic acids is 1. The fraction of sp³-hybridized carbons (Fsp3) is 0.421. The highest BCUT2D eigenvalue weighted by Gasteiger charge is 2.26. The number of nitrogens with one attached hydrogen (secondary N) is 2. The average Bonchev–Trinajstić information content (AvgIpc) is 3.57. The molecule has 10 heteroatoms. The molecule has 1 aromatic heterocycles. The van der Waals surface area contributed by atoms with Crippen LogP contribution in [-0.4, -0.2) is 122 Å². The molecule has 10 nitrogen and oxygen atoms in total. The molecule has 0 atom stereocenters. The third-order valence-electron chi connectivity index (χ3n) is 9.74. The molecule has 3 aliphatic rings. The van der Waals surface area contributed by atoms with Crippen LogP contribution in [0.5, 0.6) is 0 Å². The first-order valence-corrected chi connectivity index (χ1v) is 17.5. The summed E-state index contributed by atoms with van der Waals surface area (Å²) in [7, 11) is 0. The number of hydrogen-bond acceptors (Lipinski definition) is 6. The van der Waals surface area contributed by atoms with E-state index in [9.17, 15) is 14.7 Å². The number of carboxylic acid groups (broad SMARTS) is 1. The molecule has 3 aliphatic heterocycles. The number of para-hydroxylation sites is 2. The minimum absolute atomic E-state index is 0.208. The number of aromatic carboxylic acids is 1. The fourth-order valence-electron chi connectivity index (χ4n) is 6.89. The number of piperazine rings is 3. The number of benzene rings is 3. The second-order valence-electron chi connectivity index (χ2n) is 12.8. The van der Waals surface area contributed by atoms with Crippen molar-refractivity contribution >= 4 is 34.3 Å². The molecule has 3 saturated heterocycles. The number of carbonyl (C=O) groups excluding carboxylic acids is 1. The Kier molecular flexibility index (Phi) is 11.5. The molecule has 2 amide bonds. The standard InChI is InChI=1S/C23H27N3O2.C15H22N4O/c27-23(28)18-9-10-22-21(16-18)19(17-24-22)6-4-5-11-25-12-14-26(15-13-25)20-7-2-1-3-8-20;20-15(18-8-6-16-7-9-18)19-12-10-17(11-13-19)14-4-2-1-3-5-14/h1-3,7-10,16-17,24H,4-6,11-15H2,(H,27,28);1-5,16H,6-13H2. The van der Waals surface area contributed by atoms with Gasteiger partial charge in [0.2, 0.25) is 0 Å². The SMILES string of the molecule is O=C(N1CCNCC1)N1CCN(c2ccccc2)CC1.O=C(O)c1ccc2[nH]cc(CCCCN3CCN(c4ccccc4)CC3)c2c1. The van der Waals surface area contributed by atoms with Crippen LogP contribution in [0.2, 0.25) is 0 Å². The van der Waals surface area contributed by atoms with Gasteiger partial charge in [0.05, 0.1) is 5.56 Å². The van der Waals surface area contributed by atoms with E-state index in [0.717, 1.165) is 115 Å². The summed E-state index contributed by atoms with van der Waals surface area (Å²) in [5.74, 6) is -0.872. The van der Waals surface area contributed by atoms with E-state index in [2.05, 4.69) is 79.6 Å². The van der Waals surface area contributed by atoms with E-state index in [0.29, 0.717) is 5.56 Å². The van der Waals surface area contributed by atoms with Gasteiger partial charge < -0.3 is 35.0 Å². The van der Waals surface area contributed by atoms with Crippen LogP contribution in [0.1, 0.15) is 28.8 Å². The summed E-state index contributed by atoms with van der Waals surface area (Å²) in [5.41, 5.74) is 5.15. The van der Waals surface area contributed by atoms with Crippen LogP contribution in [0.3, 0.4) is 0 Å². The highest BCUT2D eigenvalue weighted by Crippen LogP contribution is 2.22. The van der Waals surface area contributed by atoms with E-state index in [1.54, 1.807) is 12.1 Å². The summed E-state index contributed by atoms with van der Waals surface area (Å²) in [6.45, 7) is 12.5. The maximum Gasteiger partial charge on any atom is 0.335 e. The summed E-state index contributed by atoms with van der Waals surface area (Å²) in [6, 6.07) is 26.6. The zero-order valence-corrected chi connectivity index (χ0v) is 27.9. The van der Waals surface area contributed by atoms with Crippen molar-refractivity contribution in [3.8, 4) is 0 Å². The van der Waals surface area contributed by atoms with Gasteiger partial charge in [-0.15, -0.1) is 0 Å². The van der Waals surface area contributed by atoms with Gasteiger partial charge >= 0.3 is 12.0 Å². The van der Waals surface area contributed by atoms with E-state index in [4.69, 9.17) is 0 Å². The summed E-state index contributed by atoms with van der Waals surface area (Å²) >= 11 is 0. The van der Waals surface area contributed by atoms with E-state index >= 15 is 0 Å². The number of hydrogen-bond donors (Lipinski definition) is 3. The van der Waals surface area contributed by atoms with Crippen molar-refractivity contribution in [2.24, 2.45) is 0 Å². The molecule has 3 aromatic carbocycles. The molecular formula is C38H49N7O3. The predicted molar refractivity (Wildman–Crippen MR) is 193 cm³/mol. The van der Waals surface area contributed by atoms with Gasteiger partial charge in [0, 0.05) is 107 Å². The third-order valence-corrected chi connectivity index (χ3v) is 9.74. The quantitative estimate of drug-likeness (QED) is 0.235. The Bertz CT molecular complexity index is 1590. The first-order chi connectivity index (χ1) is 23.5. The van der Waals surface area contributed by atoms with Gasteiger partial charge in [0.1, 0.15) is 0 Å². The molecule has 3 fully saturated rings. The number of urea groups is 1. The van der Waals surface area contributed by atoms with Crippen molar-refractivity contribution in [2.75, 3.05) is 94.9 Å². The molecule has 3 N–H and O–H groups in total. The Labute approximate surface area is 283 Å². The molecule has 0 unspecified atom stereocenters. The fourth-order valence-corrected chi connectivity index (χ4v) is 6.89. The van der Waals surface area contributed by atoms with Crippen LogP contribution in [0.4, 0.5) is 16.2 Å². The Balaban J connectivity index is 0.000000177. The minimum Gasteiger partial charge on any atom is -0.478 e. The van der Waals surface area contributed by atoms with Crippen molar-refractivity contribution in [3.63, 3.8) is 0 Å². The summed E-state index contributed by atoms with van der Waals surface area (Å²) in [5, 5.41) is 13.5. The maximum atomic E-state index is 12.4. The number of carbonyl (C=O) groups is 2. The van der Waals surface area contributed by atoms with Crippen molar-refractivity contribution in [1.82, 2.24) is 25.0 Å². The van der Waals surface area contributed by atoms with Crippen LogP contribution in [0.25, 0.3) is 10.9 Å². The zero-order chi connectivity index (χ0) is 33.1. The second-order valence-corrected chi connectivity index (χ2v) is 12.8. The minimum atomic E-state index is -0.872. The first-order valence-electron chi connectivity index (χ1n) is 17.5. The molecule has 7 rings (SSSR count). The highest BCUT2D eigenvalue weighted by atomic mass is 16.4. The Morgan fingerprint density at radius 3 is 1.85 bits per heavy atom. The highest BCUT2D eigenvalue weighted by molar-refractivity contribution is 5.94. The van der Waals surface area contributed by atoms with Gasteiger partial charge in [-0.1, -0.05) is 36.4 Å². The van der Waals surface area contributed by atoms with Gasteiger partial charge in [0.25, 0.3) is 0 Å². The second kappa shape index (κ2) is 16.5. The molecule has 0 aliphatic carbocycles. The molecule has 0 bridgehead atoms. The number of anilines is 2. The van der Waals surface area contributed by atoms with Crippen molar-refractivity contribution in [1.29, 1.82) is 0 Å². The number of fused-ring (bicyclic) bond motifs is 1. The summed E-state index contributed by atoms with van der Waals surface area (Å²) < 4.78 is 0. The van der Waals surface area contributed by atoms with Crippen molar-refractivity contribution in [2.45, 2.75) is 19.3 Å². The van der Waals surface area contributed by atoms with Crippen LogP contribution in [0.15, 0.2) is 85.1 Å². The average molecular weight is 652 g/mol. The lowest BCUT2D eigenvalue weighted by molar-refractivity contribution is 0.0697. The molecule has 48 heavy (non-hydrogen) atoms. The molecule has 0 spiro atoms. The van der Waals surface area contributed by atoms with E-state index in [1.165, 1.54) is 16.9 Å². The number of rotatable bonds is 8. The van der Waals surface area contributed by atoms with Crippen LogP contribution >= 0.6 is 0 Å². The van der Waals surface area contributed by atoms with Gasteiger partial charge in [0.15, 0.2) is 0 Å². The van der Waals surface area contributed by atoms with E-state index in [1.807, 2.05) is 28.1 Å². The first kappa shape index (κ1) is 33.4. The van der Waals surface area contributed by atoms with Crippen molar-refractivity contribution in [3.05, 3.63) is 96.2 Å². The lowest BCUT2D eigenvalue weighted by atomic mass is 10.0. The number of H-pyrrole nitrogens is 1. The molecule has 0 radical (unpaired) electrons. The predicted octanol–water partition coefficient (Wildman–Crippen LogP) is 4.84. The number of unbranched alkanes of at least 4 members (excludes halogenated alkanes) is 1. The van der Waals surface area contributed by atoms with Crippen molar-refractivity contribution < 1.29 is 14.7 Å². The Hall–Kier alpha value is -4.54. The maximum absolute atomic E-state index is 12.4. The van der Waals surface area contributed by atoms with E-state index in [-0.39, 0.29) is 6.03 Å². The van der Waals surface area contributed by atoms with Crippen LogP contribution in [0, 0.1) is 0 Å². The number of aromatic nitrogens is 1. The number of amides is 2. The van der Waals surface area contributed by atoms with Gasteiger partial charge in [-0.2, -0.15) is 0 Å². The topological polar surface area (TPSA) is 98.4 Å². The summed E-state index contributed by atoms with van der Waals surface area (Å²) in [6.07, 6.45) is 5.28.